The van der Waals surface area contributed by atoms with Crippen molar-refractivity contribution in [2.75, 3.05) is 42.9 Å². The second kappa shape index (κ2) is 10.0. The molecular weight excluding hydrogens is 400 g/mol. The third-order valence-corrected chi connectivity index (χ3v) is 5.59. The molecule has 0 spiro atoms. The number of rotatable bonds is 6. The molecule has 0 saturated carbocycles. The van der Waals surface area contributed by atoms with E-state index in [1.54, 1.807) is 0 Å². The molecule has 2 amide bonds. The Hall–Kier alpha value is -3.80. The molecule has 2 N–H and O–H groups in total. The zero-order valence-electron chi connectivity index (χ0n) is 18.3. The van der Waals surface area contributed by atoms with Crippen LogP contribution in [0.3, 0.4) is 0 Å². The summed E-state index contributed by atoms with van der Waals surface area (Å²) in [5.74, 6) is -0.0287. The topological polar surface area (TPSA) is 64.7 Å². The monoisotopic (exact) mass is 428 g/mol. The van der Waals surface area contributed by atoms with Gasteiger partial charge in [-0.25, -0.2) is 0 Å². The van der Waals surface area contributed by atoms with E-state index < -0.39 is 0 Å². The van der Waals surface area contributed by atoms with Crippen LogP contribution in [0.1, 0.15) is 27.6 Å². The molecule has 6 heteroatoms. The first-order chi connectivity index (χ1) is 15.7. The summed E-state index contributed by atoms with van der Waals surface area (Å²) in [5.41, 5.74) is 4.05. The molecule has 1 heterocycles. The maximum absolute atomic E-state index is 12.7. The Morgan fingerprint density at radius 3 is 2.16 bits per heavy atom. The highest BCUT2D eigenvalue weighted by atomic mass is 16.2. The van der Waals surface area contributed by atoms with Gasteiger partial charge < -0.3 is 20.4 Å². The quantitative estimate of drug-likeness (QED) is 0.619. The highest BCUT2D eigenvalue weighted by Crippen LogP contribution is 2.28. The summed E-state index contributed by atoms with van der Waals surface area (Å²) in [6.45, 7) is 5.28. The van der Waals surface area contributed by atoms with Gasteiger partial charge in [0.1, 0.15) is 0 Å². The third-order valence-electron chi connectivity index (χ3n) is 5.59. The molecule has 1 fully saturated rings. The second-order valence-corrected chi connectivity index (χ2v) is 7.73. The first-order valence-corrected chi connectivity index (χ1v) is 11.0. The Kier molecular flexibility index (Phi) is 6.70. The number of piperazine rings is 1. The molecule has 1 aliphatic rings. The Bertz CT molecular complexity index is 1060. The van der Waals surface area contributed by atoms with Crippen molar-refractivity contribution in [2.24, 2.45) is 0 Å². The summed E-state index contributed by atoms with van der Waals surface area (Å²) < 4.78 is 0. The Labute approximate surface area is 188 Å². The summed E-state index contributed by atoms with van der Waals surface area (Å²) in [6.07, 6.45) is 0. The molecule has 32 heavy (non-hydrogen) atoms. The molecule has 3 aromatic rings. The molecule has 0 atom stereocenters. The number of carbonyl (C=O) groups is 2. The van der Waals surface area contributed by atoms with Crippen LogP contribution in [0.15, 0.2) is 78.9 Å². The van der Waals surface area contributed by atoms with Gasteiger partial charge in [-0.05, 0) is 49.4 Å². The molecule has 0 aromatic heterocycles. The molecule has 1 aliphatic heterocycles. The molecule has 3 aromatic carbocycles. The van der Waals surface area contributed by atoms with Crippen LogP contribution < -0.4 is 15.5 Å². The van der Waals surface area contributed by atoms with Gasteiger partial charge in [0.25, 0.3) is 11.8 Å². The first kappa shape index (κ1) is 21.4. The number of carbonyl (C=O) groups excluding carboxylic acids is 2. The number of nitrogens with one attached hydrogen (secondary N) is 2. The van der Waals surface area contributed by atoms with Crippen LogP contribution in [0.5, 0.6) is 0 Å². The molecule has 6 nitrogen and oxygen atoms in total. The van der Waals surface area contributed by atoms with E-state index in [1.165, 1.54) is 0 Å². The fourth-order valence-electron chi connectivity index (χ4n) is 3.89. The lowest BCUT2D eigenvalue weighted by molar-refractivity contribution is 0.0746. The second-order valence-electron chi connectivity index (χ2n) is 7.73. The van der Waals surface area contributed by atoms with E-state index >= 15 is 0 Å². The molecular formula is C26H28N4O2. The Morgan fingerprint density at radius 1 is 0.844 bits per heavy atom. The van der Waals surface area contributed by atoms with E-state index in [-0.39, 0.29) is 11.8 Å². The zero-order valence-corrected chi connectivity index (χ0v) is 18.3. The van der Waals surface area contributed by atoms with Gasteiger partial charge >= 0.3 is 0 Å². The van der Waals surface area contributed by atoms with Gasteiger partial charge in [0.15, 0.2) is 0 Å². The summed E-state index contributed by atoms with van der Waals surface area (Å²) in [7, 11) is 0. The predicted octanol–water partition coefficient (Wildman–Crippen LogP) is 4.14. The van der Waals surface area contributed by atoms with Crippen LogP contribution >= 0.6 is 0 Å². The number of para-hydroxylation sites is 1. The van der Waals surface area contributed by atoms with Crippen molar-refractivity contribution >= 4 is 28.9 Å². The largest absolute Gasteiger partial charge is 0.368 e. The maximum atomic E-state index is 12.7. The average molecular weight is 429 g/mol. The van der Waals surface area contributed by atoms with Crippen molar-refractivity contribution < 1.29 is 9.59 Å². The van der Waals surface area contributed by atoms with Crippen molar-refractivity contribution in [1.82, 2.24) is 10.2 Å². The van der Waals surface area contributed by atoms with Crippen LogP contribution in [-0.4, -0.2) is 49.4 Å². The van der Waals surface area contributed by atoms with E-state index in [0.717, 1.165) is 35.7 Å². The molecule has 0 unspecified atom stereocenters. The normalized spacial score (nSPS) is 13.5. The van der Waals surface area contributed by atoms with Gasteiger partial charge in [0, 0.05) is 49.7 Å². The van der Waals surface area contributed by atoms with Gasteiger partial charge in [0.05, 0.1) is 11.3 Å². The number of hydrogen-bond donors (Lipinski definition) is 2. The van der Waals surface area contributed by atoms with Crippen molar-refractivity contribution in [3.63, 3.8) is 0 Å². The lowest BCUT2D eigenvalue weighted by atomic mass is 10.1. The van der Waals surface area contributed by atoms with Crippen LogP contribution in [-0.2, 0) is 0 Å². The van der Waals surface area contributed by atoms with Crippen LogP contribution in [0.25, 0.3) is 0 Å². The minimum absolute atomic E-state index is 0.0725. The smallest absolute Gasteiger partial charge is 0.253 e. The molecule has 0 aliphatic carbocycles. The molecule has 164 valence electrons. The summed E-state index contributed by atoms with van der Waals surface area (Å²) >= 11 is 0. The zero-order chi connectivity index (χ0) is 22.3. The minimum Gasteiger partial charge on any atom is -0.368 e. The van der Waals surface area contributed by atoms with E-state index in [0.29, 0.717) is 25.2 Å². The number of benzene rings is 3. The Morgan fingerprint density at radius 2 is 1.50 bits per heavy atom. The number of amides is 2. The van der Waals surface area contributed by atoms with Gasteiger partial charge in [0.2, 0.25) is 0 Å². The Balaban J connectivity index is 1.50. The minimum atomic E-state index is -0.101. The number of hydrogen-bond acceptors (Lipinski definition) is 4. The summed E-state index contributed by atoms with van der Waals surface area (Å²) in [5, 5.41) is 6.27. The average Bonchev–Trinajstić information content (AvgIpc) is 2.85. The van der Waals surface area contributed by atoms with Gasteiger partial charge in [-0.2, -0.15) is 0 Å². The van der Waals surface area contributed by atoms with Gasteiger partial charge in [-0.1, -0.05) is 36.4 Å². The van der Waals surface area contributed by atoms with E-state index in [2.05, 4.69) is 15.5 Å². The summed E-state index contributed by atoms with van der Waals surface area (Å²) in [4.78, 5) is 29.5. The van der Waals surface area contributed by atoms with Crippen LogP contribution in [0, 0.1) is 0 Å². The number of nitrogens with zero attached hydrogens (tertiary/aromatic N) is 2. The van der Waals surface area contributed by atoms with Crippen molar-refractivity contribution in [2.45, 2.75) is 6.92 Å². The summed E-state index contributed by atoms with van der Waals surface area (Å²) in [6, 6.07) is 25.1. The van der Waals surface area contributed by atoms with Crippen molar-refractivity contribution in [3.8, 4) is 0 Å². The maximum Gasteiger partial charge on any atom is 0.253 e. The van der Waals surface area contributed by atoms with E-state index in [1.807, 2.05) is 90.7 Å². The van der Waals surface area contributed by atoms with Gasteiger partial charge in [-0.15, -0.1) is 0 Å². The van der Waals surface area contributed by atoms with Gasteiger partial charge in [-0.3, -0.25) is 9.59 Å². The first-order valence-electron chi connectivity index (χ1n) is 11.0. The number of anilines is 3. The lowest BCUT2D eigenvalue weighted by Crippen LogP contribution is -2.48. The van der Waals surface area contributed by atoms with Crippen molar-refractivity contribution in [3.05, 3.63) is 90.0 Å². The molecule has 1 saturated heterocycles. The fraction of sp³-hybridized carbons (Fsp3) is 0.231. The molecule has 0 radical (unpaired) electrons. The SMILES string of the molecule is CCNC(=O)c1ccc(N2CCN(C(=O)c3ccccc3)CC2)cc1Nc1ccccc1. The highest BCUT2D eigenvalue weighted by Gasteiger charge is 2.23. The van der Waals surface area contributed by atoms with E-state index in [4.69, 9.17) is 0 Å². The fourth-order valence-corrected chi connectivity index (χ4v) is 3.89. The molecule has 4 rings (SSSR count). The lowest BCUT2D eigenvalue weighted by Gasteiger charge is -2.36. The van der Waals surface area contributed by atoms with Crippen LogP contribution in [0.2, 0.25) is 0 Å². The van der Waals surface area contributed by atoms with E-state index in [9.17, 15) is 9.59 Å². The van der Waals surface area contributed by atoms with Crippen molar-refractivity contribution in [1.29, 1.82) is 0 Å². The van der Waals surface area contributed by atoms with Crippen LogP contribution in [0.4, 0.5) is 17.1 Å². The standard InChI is InChI=1S/C26H28N4O2/c1-2-27-25(31)23-14-13-22(19-24(23)28-21-11-7-4-8-12-21)29-15-17-30(18-16-29)26(32)20-9-5-3-6-10-20/h3-14,19,28H,2,15-18H2,1H3,(H,27,31). The molecule has 0 bridgehead atoms. The third kappa shape index (κ3) is 4.91. The highest BCUT2D eigenvalue weighted by molar-refractivity contribution is 6.01. The predicted molar refractivity (Wildman–Crippen MR) is 129 cm³/mol.